The molecule has 0 bridgehead atoms. The molecule has 0 heterocycles. The molecule has 0 amide bonds. The van der Waals surface area contributed by atoms with Gasteiger partial charge in [0.1, 0.15) is 0 Å². The van der Waals surface area contributed by atoms with E-state index in [9.17, 15) is 8.42 Å². The quantitative estimate of drug-likeness (QED) is 0.588. The molecule has 0 aliphatic rings. The Balaban J connectivity index is 3.54. The van der Waals surface area contributed by atoms with E-state index in [-0.39, 0.29) is 5.75 Å². The molecule has 1 unspecified atom stereocenters. The van der Waals surface area contributed by atoms with Crippen LogP contribution in [0.2, 0.25) is 0 Å². The molecule has 0 aliphatic heterocycles. The molecule has 0 rings (SSSR count). The summed E-state index contributed by atoms with van der Waals surface area (Å²) in [6, 6.07) is 0. The molecular formula is C10H24N2O2S. The fraction of sp³-hybridized carbons (Fsp3) is 1.00. The zero-order valence-corrected chi connectivity index (χ0v) is 10.6. The molecule has 92 valence electrons. The lowest BCUT2D eigenvalue weighted by molar-refractivity contribution is 0.424. The lowest BCUT2D eigenvalue weighted by Gasteiger charge is -2.14. The van der Waals surface area contributed by atoms with Crippen molar-refractivity contribution in [1.82, 2.24) is 5.32 Å². The minimum atomic E-state index is -3.31. The SMILES string of the molecule is CCCCC(CC)CNCCS(N)(=O)=O. The van der Waals surface area contributed by atoms with Crippen molar-refractivity contribution in [3.63, 3.8) is 0 Å². The van der Waals surface area contributed by atoms with Gasteiger partial charge in [-0.1, -0.05) is 33.1 Å². The minimum Gasteiger partial charge on any atom is -0.315 e. The molecule has 5 heteroatoms. The van der Waals surface area contributed by atoms with Crippen molar-refractivity contribution in [2.24, 2.45) is 11.1 Å². The van der Waals surface area contributed by atoms with Crippen molar-refractivity contribution in [1.29, 1.82) is 0 Å². The maximum atomic E-state index is 10.7. The Morgan fingerprint density at radius 2 is 2.00 bits per heavy atom. The van der Waals surface area contributed by atoms with Crippen molar-refractivity contribution in [2.75, 3.05) is 18.8 Å². The highest BCUT2D eigenvalue weighted by molar-refractivity contribution is 7.89. The average Bonchev–Trinajstić information content (AvgIpc) is 2.15. The number of primary sulfonamides is 1. The number of hydrogen-bond donors (Lipinski definition) is 2. The molecule has 4 nitrogen and oxygen atoms in total. The van der Waals surface area contributed by atoms with E-state index < -0.39 is 10.0 Å². The van der Waals surface area contributed by atoms with E-state index in [0.29, 0.717) is 12.5 Å². The topological polar surface area (TPSA) is 72.2 Å². The molecule has 0 radical (unpaired) electrons. The highest BCUT2D eigenvalue weighted by atomic mass is 32.2. The van der Waals surface area contributed by atoms with Gasteiger partial charge in [-0.25, -0.2) is 13.6 Å². The van der Waals surface area contributed by atoms with Gasteiger partial charge in [0.15, 0.2) is 0 Å². The molecule has 1 atom stereocenters. The first-order valence-electron chi connectivity index (χ1n) is 5.70. The molecule has 0 aliphatic carbocycles. The lowest BCUT2D eigenvalue weighted by Crippen LogP contribution is -2.30. The third kappa shape index (κ3) is 10.2. The summed E-state index contributed by atoms with van der Waals surface area (Å²) in [6.07, 6.45) is 4.82. The summed E-state index contributed by atoms with van der Waals surface area (Å²) in [6.45, 7) is 5.70. The number of unbranched alkanes of at least 4 members (excludes halogenated alkanes) is 1. The smallest absolute Gasteiger partial charge is 0.210 e. The van der Waals surface area contributed by atoms with Gasteiger partial charge in [-0.3, -0.25) is 0 Å². The summed E-state index contributed by atoms with van der Waals surface area (Å²) in [5, 5.41) is 8.04. The third-order valence-corrected chi connectivity index (χ3v) is 3.31. The number of nitrogens with one attached hydrogen (secondary N) is 1. The Kier molecular flexibility index (Phi) is 8.00. The van der Waals surface area contributed by atoms with E-state index in [2.05, 4.69) is 19.2 Å². The maximum Gasteiger partial charge on any atom is 0.210 e. The van der Waals surface area contributed by atoms with Crippen LogP contribution in [0.1, 0.15) is 39.5 Å². The second-order valence-electron chi connectivity index (χ2n) is 3.99. The molecule has 3 N–H and O–H groups in total. The fourth-order valence-corrected chi connectivity index (χ4v) is 1.89. The fourth-order valence-electron chi connectivity index (χ4n) is 1.46. The van der Waals surface area contributed by atoms with Crippen molar-refractivity contribution in [3.05, 3.63) is 0 Å². The van der Waals surface area contributed by atoms with Crippen LogP contribution in [0.25, 0.3) is 0 Å². The molecular weight excluding hydrogens is 212 g/mol. The second kappa shape index (κ2) is 8.07. The highest BCUT2D eigenvalue weighted by Gasteiger charge is 2.06. The minimum absolute atomic E-state index is 0.0250. The molecule has 0 spiro atoms. The first-order chi connectivity index (χ1) is 6.99. The number of rotatable bonds is 9. The van der Waals surface area contributed by atoms with Gasteiger partial charge >= 0.3 is 0 Å². The average molecular weight is 236 g/mol. The van der Waals surface area contributed by atoms with E-state index in [1.54, 1.807) is 0 Å². The summed E-state index contributed by atoms with van der Waals surface area (Å²) in [5.74, 6) is 0.683. The monoisotopic (exact) mass is 236 g/mol. The van der Waals surface area contributed by atoms with Gasteiger partial charge in [0, 0.05) is 6.54 Å². The first kappa shape index (κ1) is 14.9. The van der Waals surface area contributed by atoms with Gasteiger partial charge in [0.2, 0.25) is 10.0 Å². The predicted molar refractivity (Wildman–Crippen MR) is 64.1 cm³/mol. The Hall–Kier alpha value is -0.130. The van der Waals surface area contributed by atoms with Crippen LogP contribution < -0.4 is 10.5 Å². The van der Waals surface area contributed by atoms with Gasteiger partial charge in [0.05, 0.1) is 5.75 Å². The van der Waals surface area contributed by atoms with Crippen LogP contribution >= 0.6 is 0 Å². The van der Waals surface area contributed by atoms with Crippen molar-refractivity contribution in [2.45, 2.75) is 39.5 Å². The molecule has 0 aromatic rings. The van der Waals surface area contributed by atoms with Gasteiger partial charge in [0.25, 0.3) is 0 Å². The molecule has 15 heavy (non-hydrogen) atoms. The Bertz CT molecular complexity index is 240. The van der Waals surface area contributed by atoms with Crippen LogP contribution in [-0.4, -0.2) is 27.3 Å². The normalized spacial score (nSPS) is 14.1. The van der Waals surface area contributed by atoms with Crippen molar-refractivity contribution in [3.8, 4) is 0 Å². The van der Waals surface area contributed by atoms with E-state index in [1.165, 1.54) is 19.3 Å². The van der Waals surface area contributed by atoms with Crippen LogP contribution in [-0.2, 0) is 10.0 Å². The largest absolute Gasteiger partial charge is 0.315 e. The van der Waals surface area contributed by atoms with Gasteiger partial charge in [-0.15, -0.1) is 0 Å². The molecule has 0 saturated heterocycles. The van der Waals surface area contributed by atoms with Crippen LogP contribution in [0.3, 0.4) is 0 Å². The zero-order valence-electron chi connectivity index (χ0n) is 9.83. The standard InChI is InChI=1S/C10H24N2O2S/c1-3-5-6-10(4-2)9-12-7-8-15(11,13)14/h10,12H,3-9H2,1-2H3,(H2,11,13,14). The predicted octanol–water partition coefficient (Wildman–Crippen LogP) is 1.08. The highest BCUT2D eigenvalue weighted by Crippen LogP contribution is 2.10. The summed E-state index contributed by atoms with van der Waals surface area (Å²) in [5.41, 5.74) is 0. The summed E-state index contributed by atoms with van der Waals surface area (Å²) >= 11 is 0. The maximum absolute atomic E-state index is 10.7. The number of hydrogen-bond acceptors (Lipinski definition) is 3. The van der Waals surface area contributed by atoms with E-state index in [1.807, 2.05) is 0 Å². The van der Waals surface area contributed by atoms with Gasteiger partial charge in [-0.05, 0) is 18.9 Å². The molecule has 0 fully saturated rings. The van der Waals surface area contributed by atoms with Crippen molar-refractivity contribution < 1.29 is 8.42 Å². The van der Waals surface area contributed by atoms with Crippen LogP contribution in [0, 0.1) is 5.92 Å². The second-order valence-corrected chi connectivity index (χ2v) is 5.72. The molecule has 0 saturated carbocycles. The molecule has 0 aromatic heterocycles. The lowest BCUT2D eigenvalue weighted by atomic mass is 9.99. The van der Waals surface area contributed by atoms with Crippen LogP contribution in [0.5, 0.6) is 0 Å². The van der Waals surface area contributed by atoms with Gasteiger partial charge in [-0.2, -0.15) is 0 Å². The van der Waals surface area contributed by atoms with E-state index in [0.717, 1.165) is 13.0 Å². The summed E-state index contributed by atoms with van der Waals surface area (Å²) < 4.78 is 21.3. The van der Waals surface area contributed by atoms with Gasteiger partial charge < -0.3 is 5.32 Å². The summed E-state index contributed by atoms with van der Waals surface area (Å²) in [7, 11) is -3.31. The first-order valence-corrected chi connectivity index (χ1v) is 7.42. The van der Waals surface area contributed by atoms with Crippen molar-refractivity contribution >= 4 is 10.0 Å². The van der Waals surface area contributed by atoms with E-state index in [4.69, 9.17) is 5.14 Å². The van der Waals surface area contributed by atoms with Crippen LogP contribution in [0.4, 0.5) is 0 Å². The number of sulfonamides is 1. The Morgan fingerprint density at radius 3 is 2.47 bits per heavy atom. The third-order valence-electron chi connectivity index (χ3n) is 2.54. The Labute approximate surface area is 93.7 Å². The molecule has 0 aromatic carbocycles. The Morgan fingerprint density at radius 1 is 1.33 bits per heavy atom. The number of nitrogens with two attached hydrogens (primary N) is 1. The van der Waals surface area contributed by atoms with E-state index >= 15 is 0 Å². The summed E-state index contributed by atoms with van der Waals surface area (Å²) in [4.78, 5) is 0. The zero-order chi connectivity index (χ0) is 11.7. The van der Waals surface area contributed by atoms with Crippen LogP contribution in [0.15, 0.2) is 0 Å².